The molecule has 1 fully saturated rings. The first-order valence-electron chi connectivity index (χ1n) is 6.48. The molecule has 1 heterocycles. The van der Waals surface area contributed by atoms with Gasteiger partial charge in [0.2, 0.25) is 5.91 Å². The third-order valence-electron chi connectivity index (χ3n) is 3.23. The third kappa shape index (κ3) is 5.51. The molecule has 1 aromatic rings. The number of carbonyl (C=O) groups excluding carboxylic acids is 1. The Morgan fingerprint density at radius 1 is 1.21 bits per heavy atom. The van der Waals surface area contributed by atoms with Gasteiger partial charge >= 0.3 is 0 Å². The van der Waals surface area contributed by atoms with Gasteiger partial charge in [0.25, 0.3) is 0 Å². The molecule has 0 saturated carbocycles. The molecule has 5 heteroatoms. The van der Waals surface area contributed by atoms with Crippen LogP contribution in [0.5, 0.6) is 0 Å². The average Bonchev–Trinajstić information content (AvgIpc) is 2.66. The molecule has 0 aliphatic carbocycles. The van der Waals surface area contributed by atoms with Crippen LogP contribution in [0.3, 0.4) is 0 Å². The largest absolute Gasteiger partial charge is 0.341 e. The lowest BCUT2D eigenvalue weighted by molar-refractivity contribution is -0.130. The number of hydrogen-bond acceptors (Lipinski definition) is 2. The van der Waals surface area contributed by atoms with Crippen LogP contribution in [0.25, 0.3) is 0 Å². The number of aryl methyl sites for hydroxylation is 1. The van der Waals surface area contributed by atoms with E-state index >= 15 is 0 Å². The Bertz CT molecular complexity index is 389. The van der Waals surface area contributed by atoms with Crippen molar-refractivity contribution in [3.8, 4) is 0 Å². The second-order valence-corrected chi connectivity index (χ2v) is 5.53. The summed E-state index contributed by atoms with van der Waals surface area (Å²) in [6.07, 6.45) is 2.50. The van der Waals surface area contributed by atoms with Crippen LogP contribution < -0.4 is 5.32 Å². The van der Waals surface area contributed by atoms with E-state index in [2.05, 4.69) is 33.4 Å². The fraction of sp³-hybridized carbons (Fsp3) is 0.500. The van der Waals surface area contributed by atoms with Gasteiger partial charge in [0.05, 0.1) is 0 Å². The van der Waals surface area contributed by atoms with Crippen LogP contribution in [0.1, 0.15) is 18.4 Å². The fourth-order valence-corrected chi connectivity index (χ4v) is 2.42. The van der Waals surface area contributed by atoms with Gasteiger partial charge in [-0.3, -0.25) is 4.79 Å². The normalized spacial score (nSPS) is 15.5. The van der Waals surface area contributed by atoms with E-state index in [0.717, 1.165) is 43.5 Å². The van der Waals surface area contributed by atoms with E-state index in [1.165, 1.54) is 5.56 Å². The van der Waals surface area contributed by atoms with Crippen LogP contribution in [0.4, 0.5) is 0 Å². The maximum Gasteiger partial charge on any atom is 0.222 e. The minimum atomic E-state index is 0. The molecule has 0 bridgehead atoms. The van der Waals surface area contributed by atoms with E-state index < -0.39 is 0 Å². The Morgan fingerprint density at radius 3 is 2.68 bits per heavy atom. The molecule has 106 valence electrons. The van der Waals surface area contributed by atoms with Crippen molar-refractivity contribution in [2.75, 3.05) is 26.2 Å². The molecule has 1 N–H and O–H groups in total. The Morgan fingerprint density at radius 2 is 1.95 bits per heavy atom. The van der Waals surface area contributed by atoms with Crippen molar-refractivity contribution in [3.63, 3.8) is 0 Å². The zero-order valence-electron chi connectivity index (χ0n) is 10.9. The Hall–Kier alpha value is -0.580. The number of amides is 1. The highest BCUT2D eigenvalue weighted by Crippen LogP contribution is 2.12. The molecule has 1 amide bonds. The predicted molar refractivity (Wildman–Crippen MR) is 83.8 cm³/mol. The molecule has 0 unspecified atom stereocenters. The van der Waals surface area contributed by atoms with Gasteiger partial charge in [0, 0.05) is 30.5 Å². The SMILES string of the molecule is Cl.O=C(CCc1ccc(Br)cc1)N1CCCNCC1. The summed E-state index contributed by atoms with van der Waals surface area (Å²) in [7, 11) is 0. The van der Waals surface area contributed by atoms with E-state index in [9.17, 15) is 4.79 Å². The zero-order chi connectivity index (χ0) is 12.8. The molecule has 2 rings (SSSR count). The first kappa shape index (κ1) is 16.5. The summed E-state index contributed by atoms with van der Waals surface area (Å²) in [6, 6.07) is 8.19. The van der Waals surface area contributed by atoms with Crippen LogP contribution in [-0.4, -0.2) is 37.0 Å². The van der Waals surface area contributed by atoms with Crippen molar-refractivity contribution in [2.24, 2.45) is 0 Å². The molecule has 1 aliphatic rings. The summed E-state index contributed by atoms with van der Waals surface area (Å²) in [4.78, 5) is 14.1. The highest BCUT2D eigenvalue weighted by molar-refractivity contribution is 9.10. The average molecular weight is 348 g/mol. The molecule has 3 nitrogen and oxygen atoms in total. The van der Waals surface area contributed by atoms with Crippen LogP contribution in [0.2, 0.25) is 0 Å². The standard InChI is InChI=1S/C14H19BrN2O.ClH/c15-13-5-2-12(3-6-13)4-7-14(18)17-10-1-8-16-9-11-17;/h2-3,5-6,16H,1,4,7-11H2;1H. The van der Waals surface area contributed by atoms with Gasteiger partial charge in [0.1, 0.15) is 0 Å². The first-order valence-corrected chi connectivity index (χ1v) is 7.28. The lowest BCUT2D eigenvalue weighted by Gasteiger charge is -2.19. The topological polar surface area (TPSA) is 32.3 Å². The lowest BCUT2D eigenvalue weighted by Crippen LogP contribution is -2.34. The molecule has 0 atom stereocenters. The van der Waals surface area contributed by atoms with Gasteiger partial charge in [-0.05, 0) is 37.1 Å². The van der Waals surface area contributed by atoms with Crippen LogP contribution >= 0.6 is 28.3 Å². The van der Waals surface area contributed by atoms with Gasteiger partial charge in [0.15, 0.2) is 0 Å². The molecule has 1 aromatic carbocycles. The van der Waals surface area contributed by atoms with E-state index in [1.54, 1.807) is 0 Å². The van der Waals surface area contributed by atoms with Crippen molar-refractivity contribution in [3.05, 3.63) is 34.3 Å². The number of benzene rings is 1. The molecular weight excluding hydrogens is 328 g/mol. The van der Waals surface area contributed by atoms with Crippen molar-refractivity contribution in [1.29, 1.82) is 0 Å². The molecular formula is C14H20BrClN2O. The zero-order valence-corrected chi connectivity index (χ0v) is 13.3. The van der Waals surface area contributed by atoms with E-state index in [0.29, 0.717) is 6.42 Å². The Balaban J connectivity index is 0.00000180. The monoisotopic (exact) mass is 346 g/mol. The molecule has 0 aromatic heterocycles. The van der Waals surface area contributed by atoms with E-state index in [4.69, 9.17) is 0 Å². The quantitative estimate of drug-likeness (QED) is 0.911. The maximum atomic E-state index is 12.1. The minimum Gasteiger partial charge on any atom is -0.341 e. The first-order chi connectivity index (χ1) is 8.75. The smallest absolute Gasteiger partial charge is 0.222 e. The number of nitrogens with one attached hydrogen (secondary N) is 1. The highest BCUT2D eigenvalue weighted by Gasteiger charge is 2.14. The summed E-state index contributed by atoms with van der Waals surface area (Å²) >= 11 is 3.41. The van der Waals surface area contributed by atoms with Gasteiger partial charge in [-0.1, -0.05) is 28.1 Å². The lowest BCUT2D eigenvalue weighted by atomic mass is 10.1. The molecule has 1 aliphatic heterocycles. The number of halogens is 2. The minimum absolute atomic E-state index is 0. The Kier molecular flexibility index (Phi) is 7.42. The van der Waals surface area contributed by atoms with Crippen LogP contribution in [0.15, 0.2) is 28.7 Å². The summed E-state index contributed by atoms with van der Waals surface area (Å²) in [6.45, 7) is 3.69. The second kappa shape index (κ2) is 8.56. The van der Waals surface area contributed by atoms with E-state index in [-0.39, 0.29) is 18.3 Å². The van der Waals surface area contributed by atoms with Crippen LogP contribution in [-0.2, 0) is 11.2 Å². The fourth-order valence-electron chi connectivity index (χ4n) is 2.16. The highest BCUT2D eigenvalue weighted by atomic mass is 79.9. The molecule has 1 saturated heterocycles. The summed E-state index contributed by atoms with van der Waals surface area (Å²) in [5.74, 6) is 0.279. The maximum absolute atomic E-state index is 12.1. The summed E-state index contributed by atoms with van der Waals surface area (Å²) in [5.41, 5.74) is 1.22. The number of nitrogens with zero attached hydrogens (tertiary/aromatic N) is 1. The van der Waals surface area contributed by atoms with E-state index in [1.807, 2.05) is 17.0 Å². The molecule has 19 heavy (non-hydrogen) atoms. The van der Waals surface area contributed by atoms with Crippen LogP contribution in [0, 0.1) is 0 Å². The predicted octanol–water partition coefficient (Wildman–Crippen LogP) is 2.63. The van der Waals surface area contributed by atoms with Crippen molar-refractivity contribution in [1.82, 2.24) is 10.2 Å². The van der Waals surface area contributed by atoms with Gasteiger partial charge < -0.3 is 10.2 Å². The van der Waals surface area contributed by atoms with Gasteiger partial charge in [-0.2, -0.15) is 0 Å². The van der Waals surface area contributed by atoms with Crippen molar-refractivity contribution >= 4 is 34.2 Å². The number of carbonyl (C=O) groups is 1. The van der Waals surface area contributed by atoms with Crippen molar-refractivity contribution < 1.29 is 4.79 Å². The summed E-state index contributed by atoms with van der Waals surface area (Å²) < 4.78 is 1.08. The Labute approximate surface area is 129 Å². The second-order valence-electron chi connectivity index (χ2n) is 4.61. The number of hydrogen-bond donors (Lipinski definition) is 1. The molecule has 0 spiro atoms. The number of rotatable bonds is 3. The summed E-state index contributed by atoms with van der Waals surface area (Å²) in [5, 5.41) is 3.31. The van der Waals surface area contributed by atoms with Crippen molar-refractivity contribution in [2.45, 2.75) is 19.3 Å². The molecule has 0 radical (unpaired) electrons. The van der Waals surface area contributed by atoms with Gasteiger partial charge in [-0.25, -0.2) is 0 Å². The van der Waals surface area contributed by atoms with Gasteiger partial charge in [-0.15, -0.1) is 12.4 Å². The third-order valence-corrected chi connectivity index (χ3v) is 3.76.